The van der Waals surface area contributed by atoms with Crippen molar-refractivity contribution >= 4 is 23.1 Å². The molecule has 0 amide bonds. The molecular weight excluding hydrogens is 236 g/mol. The Kier molecular flexibility index (Phi) is 4.67. The first-order chi connectivity index (χ1) is 7.79. The van der Waals surface area contributed by atoms with Crippen LogP contribution in [-0.4, -0.2) is 23.5 Å². The lowest BCUT2D eigenvalue weighted by Gasteiger charge is -2.09. The molecule has 0 saturated heterocycles. The molecule has 0 spiro atoms. The van der Waals surface area contributed by atoms with Crippen molar-refractivity contribution in [2.75, 3.05) is 18.6 Å². The van der Waals surface area contributed by atoms with Crippen LogP contribution in [0.2, 0.25) is 0 Å². The van der Waals surface area contributed by atoms with Gasteiger partial charge in [0.05, 0.1) is 5.69 Å². The van der Waals surface area contributed by atoms with Crippen LogP contribution >= 0.6 is 23.1 Å². The third kappa shape index (κ3) is 3.22. The summed E-state index contributed by atoms with van der Waals surface area (Å²) in [6.07, 6.45) is 5.94. The number of aryl methyl sites for hydroxylation is 2. The van der Waals surface area contributed by atoms with E-state index in [0.29, 0.717) is 0 Å². The van der Waals surface area contributed by atoms with Crippen LogP contribution in [0.15, 0.2) is 0 Å². The third-order valence-corrected chi connectivity index (χ3v) is 4.92. The van der Waals surface area contributed by atoms with Gasteiger partial charge in [-0.25, -0.2) is 4.98 Å². The molecule has 1 aromatic rings. The predicted octanol–water partition coefficient (Wildman–Crippen LogP) is 2.72. The van der Waals surface area contributed by atoms with Crippen molar-refractivity contribution in [3.8, 4) is 0 Å². The van der Waals surface area contributed by atoms with Gasteiger partial charge in [0.15, 0.2) is 0 Å². The number of thioether (sulfide) groups is 1. The van der Waals surface area contributed by atoms with Gasteiger partial charge in [-0.05, 0) is 43.7 Å². The fraction of sp³-hybridized carbons (Fsp3) is 0.750. The lowest BCUT2D eigenvalue weighted by Crippen LogP contribution is -2.21. The number of hydrogen-bond acceptors (Lipinski definition) is 4. The van der Waals surface area contributed by atoms with Gasteiger partial charge in [-0.15, -0.1) is 11.3 Å². The average Bonchev–Trinajstić information content (AvgIpc) is 2.78. The van der Waals surface area contributed by atoms with Crippen LogP contribution in [-0.2, 0) is 19.4 Å². The summed E-state index contributed by atoms with van der Waals surface area (Å²) in [6, 6.07) is 0. The van der Waals surface area contributed by atoms with E-state index in [-0.39, 0.29) is 0 Å². The smallest absolute Gasteiger partial charge is 0.107 e. The van der Waals surface area contributed by atoms with Crippen LogP contribution in [0, 0.1) is 5.92 Å². The van der Waals surface area contributed by atoms with Gasteiger partial charge in [0.25, 0.3) is 0 Å². The fourth-order valence-corrected chi connectivity index (χ4v) is 3.90. The molecule has 0 fully saturated rings. The van der Waals surface area contributed by atoms with Crippen molar-refractivity contribution in [2.24, 2.45) is 5.92 Å². The summed E-state index contributed by atoms with van der Waals surface area (Å²) in [5, 5.41) is 4.79. The lowest BCUT2D eigenvalue weighted by molar-refractivity contribution is 0.558. The van der Waals surface area contributed by atoms with E-state index in [1.54, 1.807) is 0 Å². The summed E-state index contributed by atoms with van der Waals surface area (Å²) >= 11 is 3.83. The maximum atomic E-state index is 4.68. The third-order valence-electron chi connectivity index (χ3n) is 2.86. The van der Waals surface area contributed by atoms with Gasteiger partial charge in [-0.1, -0.05) is 6.92 Å². The van der Waals surface area contributed by atoms with E-state index < -0.39 is 0 Å². The summed E-state index contributed by atoms with van der Waals surface area (Å²) in [7, 11) is 0. The van der Waals surface area contributed by atoms with E-state index in [1.165, 1.54) is 40.6 Å². The van der Waals surface area contributed by atoms with E-state index in [4.69, 9.17) is 0 Å². The Hall–Kier alpha value is -0.0600. The largest absolute Gasteiger partial charge is 0.310 e. The van der Waals surface area contributed by atoms with E-state index in [1.807, 2.05) is 23.1 Å². The highest BCUT2D eigenvalue weighted by atomic mass is 32.2. The van der Waals surface area contributed by atoms with E-state index >= 15 is 0 Å². The summed E-state index contributed by atoms with van der Waals surface area (Å²) in [5.74, 6) is 1.99. The highest BCUT2D eigenvalue weighted by Crippen LogP contribution is 2.27. The average molecular weight is 256 g/mol. The molecule has 16 heavy (non-hydrogen) atoms. The minimum absolute atomic E-state index is 0.752. The highest BCUT2D eigenvalue weighted by Gasteiger charge is 2.16. The Balaban J connectivity index is 1.73. The van der Waals surface area contributed by atoms with Crippen molar-refractivity contribution in [1.29, 1.82) is 0 Å². The molecule has 4 heteroatoms. The van der Waals surface area contributed by atoms with Gasteiger partial charge in [0.2, 0.25) is 0 Å². The molecule has 0 aliphatic heterocycles. The van der Waals surface area contributed by atoms with Gasteiger partial charge >= 0.3 is 0 Å². The van der Waals surface area contributed by atoms with Crippen molar-refractivity contribution in [3.63, 3.8) is 0 Å². The molecule has 1 aliphatic carbocycles. The zero-order valence-corrected chi connectivity index (χ0v) is 11.7. The maximum absolute atomic E-state index is 4.68. The predicted molar refractivity (Wildman–Crippen MR) is 73.4 cm³/mol. The Morgan fingerprint density at radius 1 is 1.50 bits per heavy atom. The second kappa shape index (κ2) is 6.03. The molecule has 1 N–H and O–H groups in total. The van der Waals surface area contributed by atoms with E-state index in [2.05, 4.69) is 23.5 Å². The minimum atomic E-state index is 0.752. The zero-order chi connectivity index (χ0) is 11.4. The molecule has 1 aromatic heterocycles. The van der Waals surface area contributed by atoms with Gasteiger partial charge in [-0.3, -0.25) is 0 Å². The molecule has 2 rings (SSSR count). The van der Waals surface area contributed by atoms with Crippen LogP contribution in [0.1, 0.15) is 28.9 Å². The lowest BCUT2D eigenvalue weighted by atomic mass is 10.2. The topological polar surface area (TPSA) is 24.9 Å². The summed E-state index contributed by atoms with van der Waals surface area (Å²) in [5.41, 5.74) is 1.37. The molecule has 0 saturated carbocycles. The van der Waals surface area contributed by atoms with E-state index in [0.717, 1.165) is 19.0 Å². The molecule has 0 radical (unpaired) electrons. The first kappa shape index (κ1) is 12.4. The maximum Gasteiger partial charge on any atom is 0.107 e. The molecule has 1 unspecified atom stereocenters. The van der Waals surface area contributed by atoms with Gasteiger partial charge < -0.3 is 5.32 Å². The Labute approximate surface area is 106 Å². The molecule has 1 heterocycles. The normalized spacial score (nSPS) is 16.4. The second-order valence-corrected chi connectivity index (χ2v) is 6.60. The minimum Gasteiger partial charge on any atom is -0.310 e. The zero-order valence-electron chi connectivity index (χ0n) is 10.1. The first-order valence-electron chi connectivity index (χ1n) is 5.96. The van der Waals surface area contributed by atoms with Crippen LogP contribution in [0.25, 0.3) is 0 Å². The van der Waals surface area contributed by atoms with Crippen molar-refractivity contribution < 1.29 is 0 Å². The van der Waals surface area contributed by atoms with Gasteiger partial charge in [0.1, 0.15) is 5.01 Å². The molecule has 1 aliphatic rings. The molecule has 90 valence electrons. The van der Waals surface area contributed by atoms with Gasteiger partial charge in [-0.2, -0.15) is 11.8 Å². The quantitative estimate of drug-likeness (QED) is 0.847. The number of thiazole rings is 1. The van der Waals surface area contributed by atoms with Gasteiger partial charge in [0, 0.05) is 11.4 Å². The molecular formula is C12H20N2S2. The number of aromatic nitrogens is 1. The Bertz CT molecular complexity index is 314. The van der Waals surface area contributed by atoms with Crippen LogP contribution in [0.5, 0.6) is 0 Å². The summed E-state index contributed by atoms with van der Waals surface area (Å²) in [6.45, 7) is 4.35. The number of nitrogens with one attached hydrogen (secondary N) is 1. The number of hydrogen-bond donors (Lipinski definition) is 1. The van der Waals surface area contributed by atoms with Crippen molar-refractivity contribution in [3.05, 3.63) is 15.6 Å². The second-order valence-electron chi connectivity index (χ2n) is 4.52. The van der Waals surface area contributed by atoms with Crippen molar-refractivity contribution in [2.45, 2.75) is 32.7 Å². The van der Waals surface area contributed by atoms with Crippen molar-refractivity contribution in [1.82, 2.24) is 10.3 Å². The number of fused-ring (bicyclic) bond motifs is 1. The summed E-state index contributed by atoms with van der Waals surface area (Å²) < 4.78 is 0. The Morgan fingerprint density at radius 2 is 2.38 bits per heavy atom. The monoisotopic (exact) mass is 256 g/mol. The highest BCUT2D eigenvalue weighted by molar-refractivity contribution is 7.98. The number of rotatable bonds is 6. The Morgan fingerprint density at radius 3 is 3.12 bits per heavy atom. The number of nitrogens with zero attached hydrogens (tertiary/aromatic N) is 1. The fourth-order valence-electron chi connectivity index (χ4n) is 2.09. The summed E-state index contributed by atoms with van der Waals surface area (Å²) in [4.78, 5) is 6.22. The molecule has 0 aromatic carbocycles. The standard InChI is InChI=1S/C12H20N2S2/c1-9(8-15-2)6-13-7-12-14-10-4-3-5-11(10)16-12/h9,13H,3-8H2,1-2H3. The van der Waals surface area contributed by atoms with Crippen LogP contribution in [0.4, 0.5) is 0 Å². The molecule has 0 bridgehead atoms. The molecule has 2 nitrogen and oxygen atoms in total. The molecule has 1 atom stereocenters. The SMILES string of the molecule is CSCC(C)CNCc1nc2c(s1)CCC2. The first-order valence-corrected chi connectivity index (χ1v) is 8.17. The van der Waals surface area contributed by atoms with Crippen LogP contribution < -0.4 is 5.32 Å². The van der Waals surface area contributed by atoms with Crippen LogP contribution in [0.3, 0.4) is 0 Å². The van der Waals surface area contributed by atoms with E-state index in [9.17, 15) is 0 Å².